The minimum absolute atomic E-state index is 0.108. The molecule has 0 bridgehead atoms. The van der Waals surface area contributed by atoms with Gasteiger partial charge in [0.1, 0.15) is 0 Å². The van der Waals surface area contributed by atoms with Crippen molar-refractivity contribution in [2.75, 3.05) is 7.11 Å². The van der Waals surface area contributed by atoms with Crippen molar-refractivity contribution >= 4 is 5.97 Å². The van der Waals surface area contributed by atoms with Crippen molar-refractivity contribution in [1.29, 1.82) is 0 Å². The Labute approximate surface area is 169 Å². The van der Waals surface area contributed by atoms with E-state index in [9.17, 15) is 15.0 Å². The molecule has 3 rings (SSSR count). The summed E-state index contributed by atoms with van der Waals surface area (Å²) in [5.41, 5.74) is 3.44. The van der Waals surface area contributed by atoms with Crippen molar-refractivity contribution in [1.82, 2.24) is 0 Å². The fraction of sp³-hybridized carbons (Fsp3) is 0.708. The van der Waals surface area contributed by atoms with Gasteiger partial charge in [0.25, 0.3) is 0 Å². The summed E-state index contributed by atoms with van der Waals surface area (Å²) in [6.45, 7) is 8.63. The quantitative estimate of drug-likeness (QED) is 0.704. The Balaban J connectivity index is 1.78. The molecule has 28 heavy (non-hydrogen) atoms. The van der Waals surface area contributed by atoms with Gasteiger partial charge in [-0.3, -0.25) is 4.79 Å². The number of ether oxygens (including phenoxy) is 1. The molecule has 0 aromatic rings. The molecule has 3 aliphatic carbocycles. The molecule has 3 fully saturated rings. The summed E-state index contributed by atoms with van der Waals surface area (Å²) in [5.74, 6) is 1.32. The van der Waals surface area contributed by atoms with Crippen molar-refractivity contribution in [2.45, 2.75) is 77.4 Å². The Hall–Kier alpha value is -1.39. The third-order valence-corrected chi connectivity index (χ3v) is 7.71. The summed E-state index contributed by atoms with van der Waals surface area (Å²) in [4.78, 5) is 11.8. The number of carbonyl (C=O) groups excluding carboxylic acids is 1. The zero-order chi connectivity index (χ0) is 20.5. The Morgan fingerprint density at radius 1 is 1.36 bits per heavy atom. The maximum absolute atomic E-state index is 11.8. The summed E-state index contributed by atoms with van der Waals surface area (Å²) in [7, 11) is 1.47. The molecular weight excluding hydrogens is 352 g/mol. The van der Waals surface area contributed by atoms with Crippen LogP contribution in [-0.2, 0) is 9.53 Å². The van der Waals surface area contributed by atoms with Gasteiger partial charge >= 0.3 is 5.97 Å². The summed E-state index contributed by atoms with van der Waals surface area (Å²) in [6.07, 6.45) is 10.5. The first-order valence-corrected chi connectivity index (χ1v) is 10.8. The van der Waals surface area contributed by atoms with Crippen molar-refractivity contribution in [3.63, 3.8) is 0 Å². The first kappa shape index (κ1) is 21.3. The third kappa shape index (κ3) is 4.13. The van der Waals surface area contributed by atoms with Gasteiger partial charge in [-0.15, -0.1) is 0 Å². The van der Waals surface area contributed by atoms with Gasteiger partial charge in [0, 0.05) is 12.8 Å². The van der Waals surface area contributed by atoms with Gasteiger partial charge in [-0.1, -0.05) is 38.2 Å². The Morgan fingerprint density at radius 2 is 2.11 bits per heavy atom. The van der Waals surface area contributed by atoms with Gasteiger partial charge in [-0.05, 0) is 72.8 Å². The van der Waals surface area contributed by atoms with Crippen LogP contribution in [0.5, 0.6) is 0 Å². The number of esters is 1. The fourth-order valence-electron chi connectivity index (χ4n) is 6.17. The third-order valence-electron chi connectivity index (χ3n) is 7.71. The molecule has 0 radical (unpaired) electrons. The number of allylic oxidation sites excluding steroid dienone is 3. The van der Waals surface area contributed by atoms with E-state index in [-0.39, 0.29) is 11.4 Å². The van der Waals surface area contributed by atoms with Crippen LogP contribution in [0.1, 0.15) is 65.2 Å². The van der Waals surface area contributed by atoms with Gasteiger partial charge in [0.2, 0.25) is 0 Å². The van der Waals surface area contributed by atoms with E-state index in [0.717, 1.165) is 24.0 Å². The minimum atomic E-state index is -0.639. The van der Waals surface area contributed by atoms with Crippen LogP contribution in [0.15, 0.2) is 35.5 Å². The number of hydrogen-bond donors (Lipinski definition) is 2. The van der Waals surface area contributed by atoms with Gasteiger partial charge in [0.05, 0.1) is 19.3 Å². The van der Waals surface area contributed by atoms with E-state index < -0.39 is 12.2 Å². The molecule has 4 nitrogen and oxygen atoms in total. The molecule has 3 aliphatic rings. The van der Waals surface area contributed by atoms with Gasteiger partial charge in [-0.2, -0.15) is 0 Å². The molecule has 156 valence electrons. The summed E-state index contributed by atoms with van der Waals surface area (Å²) < 4.78 is 4.90. The number of fused-ring (bicyclic) bond motifs is 1. The zero-order valence-corrected chi connectivity index (χ0v) is 17.6. The highest BCUT2D eigenvalue weighted by molar-refractivity contribution is 5.69. The predicted molar refractivity (Wildman–Crippen MR) is 111 cm³/mol. The van der Waals surface area contributed by atoms with Crippen molar-refractivity contribution in [3.05, 3.63) is 35.5 Å². The lowest BCUT2D eigenvalue weighted by molar-refractivity contribution is -0.142. The largest absolute Gasteiger partial charge is 0.469 e. The maximum atomic E-state index is 11.8. The van der Waals surface area contributed by atoms with Crippen molar-refractivity contribution < 1.29 is 19.7 Å². The second-order valence-electron chi connectivity index (χ2n) is 9.42. The van der Waals surface area contributed by atoms with E-state index in [1.54, 1.807) is 0 Å². The van der Waals surface area contributed by atoms with Crippen molar-refractivity contribution in [2.24, 2.45) is 23.2 Å². The molecule has 0 heterocycles. The number of methoxy groups -OCH3 is 1. The number of hydrogen-bond acceptors (Lipinski definition) is 4. The van der Waals surface area contributed by atoms with Crippen LogP contribution in [0, 0.1) is 23.2 Å². The van der Waals surface area contributed by atoms with E-state index in [0.29, 0.717) is 37.0 Å². The first-order chi connectivity index (χ1) is 13.3. The Bertz CT molecular complexity index is 676. The van der Waals surface area contributed by atoms with E-state index >= 15 is 0 Å². The highest BCUT2D eigenvalue weighted by atomic mass is 16.5. The molecule has 4 heteroatoms. The normalized spacial score (nSPS) is 39.8. The van der Waals surface area contributed by atoms with Gasteiger partial charge in [0.15, 0.2) is 0 Å². The smallest absolute Gasteiger partial charge is 0.305 e. The molecule has 0 aromatic carbocycles. The molecular formula is C24H36O4. The Morgan fingerprint density at radius 3 is 2.82 bits per heavy atom. The highest BCUT2D eigenvalue weighted by Crippen LogP contribution is 2.59. The molecule has 0 amide bonds. The topological polar surface area (TPSA) is 66.8 Å². The van der Waals surface area contributed by atoms with Crippen molar-refractivity contribution in [3.8, 4) is 0 Å². The lowest BCUT2D eigenvalue weighted by Crippen LogP contribution is -2.36. The van der Waals surface area contributed by atoms with Crippen LogP contribution in [0.2, 0.25) is 0 Å². The van der Waals surface area contributed by atoms with Gasteiger partial charge in [-0.25, -0.2) is 0 Å². The fourth-order valence-corrected chi connectivity index (χ4v) is 6.17. The molecule has 6 atom stereocenters. The van der Waals surface area contributed by atoms with Crippen LogP contribution in [0.25, 0.3) is 0 Å². The number of aliphatic hydroxyl groups is 2. The van der Waals surface area contributed by atoms with E-state index in [4.69, 9.17) is 4.74 Å². The van der Waals surface area contributed by atoms with Crippen LogP contribution >= 0.6 is 0 Å². The molecule has 0 saturated heterocycles. The summed E-state index contributed by atoms with van der Waals surface area (Å²) in [6, 6.07) is 0. The molecule has 0 aromatic heterocycles. The monoisotopic (exact) mass is 388 g/mol. The van der Waals surface area contributed by atoms with E-state index in [1.165, 1.54) is 31.9 Å². The number of carbonyl (C=O) groups is 1. The Kier molecular flexibility index (Phi) is 6.51. The summed E-state index contributed by atoms with van der Waals surface area (Å²) >= 11 is 0. The highest BCUT2D eigenvalue weighted by Gasteiger charge is 2.50. The van der Waals surface area contributed by atoms with Crippen LogP contribution in [0.4, 0.5) is 0 Å². The average molecular weight is 389 g/mol. The first-order valence-electron chi connectivity index (χ1n) is 10.8. The summed E-state index contributed by atoms with van der Waals surface area (Å²) in [5, 5.41) is 20.1. The molecule has 3 saturated carbocycles. The second-order valence-corrected chi connectivity index (χ2v) is 9.42. The lowest BCUT2D eigenvalue weighted by atomic mass is 9.61. The maximum Gasteiger partial charge on any atom is 0.305 e. The van der Waals surface area contributed by atoms with Gasteiger partial charge < -0.3 is 14.9 Å². The van der Waals surface area contributed by atoms with E-state index in [1.807, 2.05) is 0 Å². The second kappa shape index (κ2) is 8.54. The average Bonchev–Trinajstić information content (AvgIpc) is 3.00. The lowest BCUT2D eigenvalue weighted by Gasteiger charge is -2.44. The molecule has 0 unspecified atom stereocenters. The number of aliphatic hydroxyl groups excluding tert-OH is 2. The standard InChI is InChI=1S/C24H36O4/c1-15(12-23(27)28-4)20-9-10-21-17(6-5-11-24(20,21)3)7-8-18-13-19(25)14-22(26)16(18)2/h7-8,15,19-22,25-26H,2,5-6,9-14H2,1,3-4H3/t15-,19-,20-,21+,22+,24-/m1/s1. The van der Waals surface area contributed by atoms with Crippen LogP contribution < -0.4 is 0 Å². The zero-order valence-electron chi connectivity index (χ0n) is 17.6. The van der Waals surface area contributed by atoms with Crippen LogP contribution in [-0.4, -0.2) is 35.5 Å². The molecule has 0 spiro atoms. The van der Waals surface area contributed by atoms with Crippen LogP contribution in [0.3, 0.4) is 0 Å². The minimum Gasteiger partial charge on any atom is -0.469 e. The van der Waals surface area contributed by atoms with E-state index in [2.05, 4.69) is 32.6 Å². The SMILES string of the molecule is C=C1C(=CC=C2CCC[C@]3(C)[C@@H]([C@H](C)CC(=O)OC)CC[C@@H]23)C[C@@H](O)C[C@@H]1O. The molecule has 0 aliphatic heterocycles. The molecule has 2 N–H and O–H groups in total. The number of rotatable bonds is 4. The predicted octanol–water partition coefficient (Wildman–Crippen LogP) is 4.33.